The molecule has 0 bridgehead atoms. The van der Waals surface area contributed by atoms with Crippen LogP contribution >= 0.6 is 0 Å². The summed E-state index contributed by atoms with van der Waals surface area (Å²) >= 11 is 0. The first-order valence-electron chi connectivity index (χ1n) is 9.32. The number of aromatic nitrogens is 5. The van der Waals surface area contributed by atoms with Gasteiger partial charge in [-0.05, 0) is 36.8 Å². The van der Waals surface area contributed by atoms with Crippen LogP contribution in [-0.2, 0) is 22.6 Å². The average molecular weight is 370 g/mol. The molecule has 1 N–H and O–H groups in total. The van der Waals surface area contributed by atoms with E-state index in [9.17, 15) is 0 Å². The maximum Gasteiger partial charge on any atom is 0.204 e. The first kappa shape index (κ1) is 18.1. The van der Waals surface area contributed by atoms with E-state index in [0.717, 1.165) is 19.6 Å². The van der Waals surface area contributed by atoms with Crippen molar-refractivity contribution in [1.82, 2.24) is 30.1 Å². The number of ether oxygens (including phenoxy) is 2. The second-order valence-corrected chi connectivity index (χ2v) is 7.11. The van der Waals surface area contributed by atoms with Crippen LogP contribution in [0.1, 0.15) is 28.7 Å². The zero-order valence-corrected chi connectivity index (χ0v) is 16.1. The number of rotatable bonds is 6. The Morgan fingerprint density at radius 3 is 3.07 bits per heavy atom. The van der Waals surface area contributed by atoms with Crippen LogP contribution in [0.3, 0.4) is 0 Å². The predicted octanol–water partition coefficient (Wildman–Crippen LogP) is 1.99. The molecule has 144 valence electrons. The molecule has 3 heterocycles. The Hall–Kier alpha value is -2.29. The lowest BCUT2D eigenvalue weighted by Crippen LogP contribution is -2.38. The molecule has 0 aliphatic carbocycles. The lowest BCUT2D eigenvalue weighted by molar-refractivity contribution is -0.0377. The van der Waals surface area contributed by atoms with E-state index < -0.39 is 0 Å². The molecule has 4 rings (SSSR count). The molecule has 1 saturated heterocycles. The van der Waals surface area contributed by atoms with E-state index in [1.54, 1.807) is 11.9 Å². The summed E-state index contributed by atoms with van der Waals surface area (Å²) in [4.78, 5) is 7.52. The summed E-state index contributed by atoms with van der Waals surface area (Å²) in [6.07, 6.45) is -0.151. The van der Waals surface area contributed by atoms with Gasteiger partial charge in [0.15, 0.2) is 0 Å². The third-order valence-electron chi connectivity index (χ3n) is 5.10. The smallest absolute Gasteiger partial charge is 0.204 e. The Labute approximate surface area is 158 Å². The summed E-state index contributed by atoms with van der Waals surface area (Å²) in [5.74, 6) is 0.639. The molecular weight excluding hydrogens is 344 g/mol. The van der Waals surface area contributed by atoms with Gasteiger partial charge in [0, 0.05) is 43.3 Å². The summed E-state index contributed by atoms with van der Waals surface area (Å²) in [6, 6.07) is 6.55. The molecule has 1 aromatic carbocycles. The lowest BCUT2D eigenvalue weighted by Gasteiger charge is -2.31. The van der Waals surface area contributed by atoms with E-state index in [1.807, 2.05) is 0 Å². The van der Waals surface area contributed by atoms with Gasteiger partial charge in [0.2, 0.25) is 5.82 Å². The summed E-state index contributed by atoms with van der Waals surface area (Å²) in [6.45, 7) is 8.64. The van der Waals surface area contributed by atoms with Gasteiger partial charge in [0.1, 0.15) is 6.10 Å². The molecule has 0 spiro atoms. The maximum atomic E-state index is 5.89. The topological polar surface area (TPSA) is 81.1 Å². The van der Waals surface area contributed by atoms with E-state index in [4.69, 9.17) is 9.47 Å². The summed E-state index contributed by atoms with van der Waals surface area (Å²) < 4.78 is 10.9. The Bertz CT molecular complexity index is 918. The highest BCUT2D eigenvalue weighted by Crippen LogP contribution is 2.26. The fraction of sp³-hybridized carbons (Fsp3) is 0.526. The van der Waals surface area contributed by atoms with Crippen LogP contribution in [-0.4, -0.2) is 63.5 Å². The largest absolute Gasteiger partial charge is 0.383 e. The van der Waals surface area contributed by atoms with Crippen LogP contribution in [0.4, 0.5) is 0 Å². The molecule has 0 radical (unpaired) electrons. The van der Waals surface area contributed by atoms with E-state index in [0.29, 0.717) is 25.6 Å². The molecule has 8 heteroatoms. The van der Waals surface area contributed by atoms with Crippen LogP contribution in [0.15, 0.2) is 18.2 Å². The highest BCUT2D eigenvalue weighted by atomic mass is 16.5. The molecule has 0 amide bonds. The highest BCUT2D eigenvalue weighted by Gasteiger charge is 2.26. The third kappa shape index (κ3) is 3.87. The van der Waals surface area contributed by atoms with E-state index in [2.05, 4.69) is 57.3 Å². The number of nitrogens with zero attached hydrogens (tertiary/aromatic N) is 5. The van der Waals surface area contributed by atoms with Crippen molar-refractivity contribution >= 4 is 10.9 Å². The second kappa shape index (κ2) is 7.75. The maximum absolute atomic E-state index is 5.89. The normalized spacial score (nSPS) is 18.4. The van der Waals surface area contributed by atoms with E-state index in [1.165, 1.54) is 27.7 Å². The number of nitrogens with one attached hydrogen (secondary N) is 1. The number of aromatic amines is 1. The minimum absolute atomic E-state index is 0.151. The molecule has 27 heavy (non-hydrogen) atoms. The van der Waals surface area contributed by atoms with Gasteiger partial charge in [0.25, 0.3) is 0 Å². The first-order valence-corrected chi connectivity index (χ1v) is 9.32. The Balaban J connectivity index is 1.46. The Kier molecular flexibility index (Phi) is 5.20. The molecule has 1 aliphatic heterocycles. The van der Waals surface area contributed by atoms with Crippen molar-refractivity contribution in [2.75, 3.05) is 33.4 Å². The molecule has 1 fully saturated rings. The van der Waals surface area contributed by atoms with Crippen LogP contribution in [0.2, 0.25) is 0 Å². The number of tetrazole rings is 1. The fourth-order valence-corrected chi connectivity index (χ4v) is 3.53. The third-order valence-corrected chi connectivity index (χ3v) is 5.10. The SMILES string of the molecule is COCCn1nnc(C2CN(Cc3[nH]c4ccc(C)cc4c3C)CCO2)n1. The van der Waals surface area contributed by atoms with Crippen molar-refractivity contribution in [3.8, 4) is 0 Å². The summed E-state index contributed by atoms with van der Waals surface area (Å²) in [5, 5.41) is 14.0. The van der Waals surface area contributed by atoms with E-state index >= 15 is 0 Å². The number of aryl methyl sites for hydroxylation is 2. The van der Waals surface area contributed by atoms with Gasteiger partial charge in [0.05, 0.1) is 19.8 Å². The zero-order chi connectivity index (χ0) is 18.8. The highest BCUT2D eigenvalue weighted by molar-refractivity contribution is 5.85. The van der Waals surface area contributed by atoms with Crippen LogP contribution in [0.25, 0.3) is 10.9 Å². The molecule has 1 atom stereocenters. The number of benzene rings is 1. The summed E-state index contributed by atoms with van der Waals surface area (Å²) in [7, 11) is 1.66. The lowest BCUT2D eigenvalue weighted by atomic mass is 10.1. The number of fused-ring (bicyclic) bond motifs is 1. The minimum atomic E-state index is -0.151. The monoisotopic (exact) mass is 370 g/mol. The van der Waals surface area contributed by atoms with Gasteiger partial charge >= 0.3 is 0 Å². The van der Waals surface area contributed by atoms with Crippen molar-refractivity contribution in [3.63, 3.8) is 0 Å². The first-order chi connectivity index (χ1) is 13.1. The second-order valence-electron chi connectivity index (χ2n) is 7.11. The predicted molar refractivity (Wildman–Crippen MR) is 101 cm³/mol. The Morgan fingerprint density at radius 1 is 1.33 bits per heavy atom. The van der Waals surface area contributed by atoms with E-state index in [-0.39, 0.29) is 6.10 Å². The van der Waals surface area contributed by atoms with Crippen molar-refractivity contribution in [3.05, 3.63) is 40.8 Å². The van der Waals surface area contributed by atoms with Crippen molar-refractivity contribution in [1.29, 1.82) is 0 Å². The molecule has 2 aromatic heterocycles. The minimum Gasteiger partial charge on any atom is -0.383 e. The fourth-order valence-electron chi connectivity index (χ4n) is 3.53. The molecule has 1 aliphatic rings. The van der Waals surface area contributed by atoms with Crippen molar-refractivity contribution in [2.24, 2.45) is 0 Å². The molecule has 0 saturated carbocycles. The van der Waals surface area contributed by atoms with Gasteiger partial charge in [-0.3, -0.25) is 4.90 Å². The van der Waals surface area contributed by atoms with Gasteiger partial charge < -0.3 is 14.5 Å². The van der Waals surface area contributed by atoms with Crippen molar-refractivity contribution < 1.29 is 9.47 Å². The molecule has 3 aromatic rings. The number of morpholine rings is 1. The number of H-pyrrole nitrogens is 1. The molecular formula is C19H26N6O2. The van der Waals surface area contributed by atoms with Crippen LogP contribution < -0.4 is 0 Å². The number of hydrogen-bond acceptors (Lipinski definition) is 6. The van der Waals surface area contributed by atoms with Gasteiger partial charge in [-0.1, -0.05) is 11.6 Å². The van der Waals surface area contributed by atoms with Crippen LogP contribution in [0.5, 0.6) is 0 Å². The number of methoxy groups -OCH3 is 1. The van der Waals surface area contributed by atoms with Crippen LogP contribution in [0, 0.1) is 13.8 Å². The summed E-state index contributed by atoms with van der Waals surface area (Å²) in [5.41, 5.74) is 5.05. The standard InChI is InChI=1S/C19H26N6O2/c1-13-4-5-16-15(10-13)14(2)17(20-16)11-24-6-9-27-18(12-24)19-21-23-25(22-19)7-8-26-3/h4-5,10,18,20H,6-9,11-12H2,1-3H3. The number of hydrogen-bond donors (Lipinski definition) is 1. The van der Waals surface area contributed by atoms with Gasteiger partial charge in [-0.15, -0.1) is 10.2 Å². The quantitative estimate of drug-likeness (QED) is 0.715. The molecule has 8 nitrogen and oxygen atoms in total. The average Bonchev–Trinajstić information content (AvgIpc) is 3.26. The van der Waals surface area contributed by atoms with Gasteiger partial charge in [-0.25, -0.2) is 0 Å². The molecule has 1 unspecified atom stereocenters. The Morgan fingerprint density at radius 2 is 2.22 bits per heavy atom. The zero-order valence-electron chi connectivity index (χ0n) is 16.1. The van der Waals surface area contributed by atoms with Crippen molar-refractivity contribution in [2.45, 2.75) is 33.0 Å². The van der Waals surface area contributed by atoms with Gasteiger partial charge in [-0.2, -0.15) is 4.80 Å².